The maximum Gasteiger partial charge on any atom is 0.408 e. The van der Waals surface area contributed by atoms with Crippen molar-refractivity contribution in [2.24, 2.45) is 0 Å². The molecule has 9 heteroatoms. The average molecular weight is 559 g/mol. The summed E-state index contributed by atoms with van der Waals surface area (Å²) in [4.78, 5) is 11.5. The van der Waals surface area contributed by atoms with Crippen molar-refractivity contribution in [1.82, 2.24) is 5.09 Å². The molecule has 0 aliphatic carbocycles. The van der Waals surface area contributed by atoms with Gasteiger partial charge in [-0.3, -0.25) is 4.79 Å². The molecule has 0 spiro atoms. The number of carbonyl (C=O) groups excluding carboxylic acids is 1. The summed E-state index contributed by atoms with van der Waals surface area (Å²) in [7, 11) is 1.43. The van der Waals surface area contributed by atoms with E-state index in [9.17, 15) is 9.36 Å². The molecule has 0 saturated carbocycles. The van der Waals surface area contributed by atoms with E-state index in [-0.39, 0.29) is 57.1 Å². The molecule has 0 heterocycles. The molecule has 0 amide bonds. The van der Waals surface area contributed by atoms with Crippen LogP contribution in [0.1, 0.15) is 5.56 Å². The van der Waals surface area contributed by atoms with Gasteiger partial charge < -0.3 is 15.0 Å². The molecule has 1 aromatic rings. The first-order valence-electron chi connectivity index (χ1n) is 6.14. The molecule has 0 bridgehead atoms. The van der Waals surface area contributed by atoms with Crippen molar-refractivity contribution in [3.8, 4) is 5.75 Å². The fraction of sp³-hybridized carbons (Fsp3) is 0.308. The maximum absolute atomic E-state index is 11.5. The number of nitrogens with one attached hydrogen (secondary N) is 2. The largest absolute Gasteiger partial charge is 0.665 e. The number of benzene rings is 1. The Bertz CT molecular complexity index is 541. The second-order valence-corrected chi connectivity index (χ2v) is 7.04. The minimum atomic E-state index is -3.36. The van der Waals surface area contributed by atoms with Crippen LogP contribution in [0.25, 0.3) is 5.73 Å². The summed E-state index contributed by atoms with van der Waals surface area (Å²) in [5, 5.41) is 2.37. The first-order chi connectivity index (χ1) is 9.88. The third-order valence-electron chi connectivity index (χ3n) is 2.48. The molecule has 0 saturated heterocycles. The van der Waals surface area contributed by atoms with Crippen LogP contribution in [0.15, 0.2) is 36.9 Å². The van der Waals surface area contributed by atoms with Gasteiger partial charge in [-0.05, 0) is 37.2 Å². The molecule has 1 radical (unpaired) electrons. The standard InChI is InChI=1S/C13H17ClN2O4P.Ac/c1-3-8-19-13(17)12(15)9-10-4-6-11(7-5-10)20-21(14,18)16-2;/h3-7,12,15H,1,8-9H2,2H3,(H,16,18);/q-1;. The fourth-order valence-corrected chi connectivity index (χ4v) is 2.15. The summed E-state index contributed by atoms with van der Waals surface area (Å²) >= 11 is 5.59. The molecule has 1 aromatic carbocycles. The Morgan fingerprint density at radius 2 is 2.09 bits per heavy atom. The van der Waals surface area contributed by atoms with Crippen molar-refractivity contribution in [3.63, 3.8) is 0 Å². The van der Waals surface area contributed by atoms with Gasteiger partial charge in [0.25, 0.3) is 5.97 Å². The van der Waals surface area contributed by atoms with Crippen LogP contribution >= 0.6 is 18.1 Å². The van der Waals surface area contributed by atoms with E-state index in [2.05, 4.69) is 11.7 Å². The summed E-state index contributed by atoms with van der Waals surface area (Å²) in [6, 6.07) is 5.48. The van der Waals surface area contributed by atoms with Crippen LogP contribution in [0.3, 0.4) is 0 Å². The minimum Gasteiger partial charge on any atom is -0.665 e. The average Bonchev–Trinajstić information content (AvgIpc) is 2.46. The van der Waals surface area contributed by atoms with Crippen LogP contribution in [0.5, 0.6) is 5.75 Å². The van der Waals surface area contributed by atoms with E-state index in [1.165, 1.54) is 13.1 Å². The SMILES string of the molecule is C=CCOC(=O)C([NH-])Cc1ccc(OP(=O)(Cl)NC)cc1.[Ac]. The number of hydrogen-bond acceptors (Lipinski definition) is 4. The summed E-state index contributed by atoms with van der Waals surface area (Å²) < 4.78 is 21.4. The Hall–Kier alpha value is 0.112. The molecule has 119 valence electrons. The molecule has 2 atom stereocenters. The normalized spacial score (nSPS) is 14.1. The third-order valence-corrected chi connectivity index (χ3v) is 4.17. The molecule has 0 aliphatic heterocycles. The molecule has 1 rings (SSSR count). The van der Waals surface area contributed by atoms with Gasteiger partial charge in [0.15, 0.2) is 0 Å². The van der Waals surface area contributed by atoms with Gasteiger partial charge in [-0.1, -0.05) is 24.8 Å². The van der Waals surface area contributed by atoms with Crippen LogP contribution in [0.4, 0.5) is 0 Å². The number of hydrogen-bond donors (Lipinski definition) is 1. The second kappa shape index (κ2) is 10.8. The van der Waals surface area contributed by atoms with Gasteiger partial charge in [0.2, 0.25) is 0 Å². The van der Waals surface area contributed by atoms with E-state index < -0.39 is 18.9 Å². The van der Waals surface area contributed by atoms with Crippen LogP contribution < -0.4 is 9.61 Å². The molecular formula is C13H17AcClN2O4P-. The van der Waals surface area contributed by atoms with Gasteiger partial charge in [-0.15, -0.1) is 0 Å². The van der Waals surface area contributed by atoms with E-state index in [1.807, 2.05) is 0 Å². The summed E-state index contributed by atoms with van der Waals surface area (Å²) in [6.45, 7) is 0.159. The zero-order chi connectivity index (χ0) is 15.9. The Labute approximate surface area is 170 Å². The first-order valence-corrected chi connectivity index (χ1v) is 8.67. The van der Waals surface area contributed by atoms with Crippen LogP contribution in [0.2, 0.25) is 0 Å². The van der Waals surface area contributed by atoms with E-state index >= 15 is 0 Å². The number of esters is 1. The monoisotopic (exact) mass is 558 g/mol. The Kier molecular flexibility index (Phi) is 10.9. The quantitative estimate of drug-likeness (QED) is 0.301. The molecule has 2 N–H and O–H groups in total. The Morgan fingerprint density at radius 3 is 2.59 bits per heavy atom. The van der Waals surface area contributed by atoms with Gasteiger partial charge in [-0.25, -0.2) is 9.65 Å². The van der Waals surface area contributed by atoms with Crippen LogP contribution in [-0.4, -0.2) is 25.7 Å². The second-order valence-electron chi connectivity index (χ2n) is 4.11. The fourth-order valence-electron chi connectivity index (χ4n) is 1.43. The van der Waals surface area contributed by atoms with Gasteiger partial charge in [-0.2, -0.15) is 0 Å². The number of halogens is 1. The van der Waals surface area contributed by atoms with Gasteiger partial charge in [0.1, 0.15) is 12.4 Å². The molecule has 0 aromatic heterocycles. The number of rotatable bonds is 8. The predicted octanol–water partition coefficient (Wildman–Crippen LogP) is 3.32. The molecule has 22 heavy (non-hydrogen) atoms. The summed E-state index contributed by atoms with van der Waals surface area (Å²) in [5.41, 5.74) is 8.46. The van der Waals surface area contributed by atoms with E-state index in [0.717, 1.165) is 5.56 Å². The van der Waals surface area contributed by atoms with Crippen molar-refractivity contribution in [1.29, 1.82) is 0 Å². The third kappa shape index (κ3) is 8.10. The zero-order valence-corrected chi connectivity index (χ0v) is 18.5. The maximum atomic E-state index is 11.5. The zero-order valence-electron chi connectivity index (χ0n) is 12.1. The number of carbonyl (C=O) groups is 1. The summed E-state index contributed by atoms with van der Waals surface area (Å²) in [5.74, 6) is -0.266. The Balaban J connectivity index is 0.00000441. The molecule has 2 unspecified atom stereocenters. The van der Waals surface area contributed by atoms with E-state index in [4.69, 9.17) is 26.2 Å². The van der Waals surface area contributed by atoms with Gasteiger partial charge >= 0.3 is 6.87 Å². The van der Waals surface area contributed by atoms with Gasteiger partial charge in [0.05, 0.1) is 0 Å². The van der Waals surface area contributed by atoms with Crippen molar-refractivity contribution >= 4 is 24.1 Å². The molecule has 0 aliphatic rings. The minimum absolute atomic E-state index is 0. The molecular weight excluding hydrogens is 542 g/mol. The summed E-state index contributed by atoms with van der Waals surface area (Å²) in [6.07, 6.45) is 1.66. The number of ether oxygens (including phenoxy) is 1. The Morgan fingerprint density at radius 1 is 1.50 bits per heavy atom. The molecule has 6 nitrogen and oxygen atoms in total. The van der Waals surface area contributed by atoms with Crippen LogP contribution in [0, 0.1) is 44.1 Å². The van der Waals surface area contributed by atoms with Crippen molar-refractivity contribution in [2.45, 2.75) is 12.5 Å². The van der Waals surface area contributed by atoms with Gasteiger partial charge in [0, 0.05) is 55.3 Å². The first kappa shape index (κ1) is 22.1. The van der Waals surface area contributed by atoms with Crippen LogP contribution in [-0.2, 0) is 20.5 Å². The van der Waals surface area contributed by atoms with Crippen molar-refractivity contribution in [3.05, 3.63) is 48.2 Å². The topological polar surface area (TPSA) is 88.4 Å². The smallest absolute Gasteiger partial charge is 0.408 e. The van der Waals surface area contributed by atoms with E-state index in [1.54, 1.807) is 24.3 Å². The molecule has 0 fully saturated rings. The van der Waals surface area contributed by atoms with Crippen molar-refractivity contribution in [2.75, 3.05) is 13.7 Å². The predicted molar refractivity (Wildman–Crippen MR) is 82.6 cm³/mol. The van der Waals surface area contributed by atoms with Crippen molar-refractivity contribution < 1.29 is 62.7 Å². The van der Waals surface area contributed by atoms with E-state index in [0.29, 0.717) is 5.75 Å².